The van der Waals surface area contributed by atoms with Gasteiger partial charge in [0.15, 0.2) is 0 Å². The molecule has 0 bridgehead atoms. The van der Waals surface area contributed by atoms with Gasteiger partial charge in [0.1, 0.15) is 0 Å². The number of rotatable bonds is 0. The van der Waals surface area contributed by atoms with Gasteiger partial charge < -0.3 is 30.6 Å². The quantitative estimate of drug-likeness (QED) is 0.236. The van der Waals surface area contributed by atoms with Crippen LogP contribution in [0.25, 0.3) is 0 Å². The zero-order valence-corrected chi connectivity index (χ0v) is 8.15. The van der Waals surface area contributed by atoms with E-state index >= 15 is 0 Å². The summed E-state index contributed by atoms with van der Waals surface area (Å²) in [5.41, 5.74) is 0. The van der Waals surface area contributed by atoms with Crippen LogP contribution >= 0.6 is 0 Å². The number of nitrogens with zero attached hydrogens (tertiary/aromatic N) is 2. The fourth-order valence-electron chi connectivity index (χ4n) is 0. The van der Waals surface area contributed by atoms with E-state index < -0.39 is 20.6 Å². The van der Waals surface area contributed by atoms with Crippen molar-refractivity contribution in [2.75, 3.05) is 0 Å². The van der Waals surface area contributed by atoms with Crippen LogP contribution in [0, 0.1) is 30.6 Å². The summed E-state index contributed by atoms with van der Waals surface area (Å²) in [5.74, 6) is 0. The van der Waals surface area contributed by atoms with E-state index in [1.165, 1.54) is 0 Å². The van der Waals surface area contributed by atoms with Crippen LogP contribution in [0.3, 0.4) is 0 Å². The first-order chi connectivity index (χ1) is 5.46. The molecular formula is H2N2O10PdS. The standard InChI is InChI=1S/2NO3.H2O4S.Pd/c2*2-1(3)4;1-5(2,3)4;/h;;(H2,1,2,3,4);/q2*-1;;+2. The third kappa shape index (κ3) is 946. The molecule has 0 heterocycles. The summed E-state index contributed by atoms with van der Waals surface area (Å²) in [6.07, 6.45) is 0. The minimum Gasteiger partial charge on any atom is -0.356 e. The minimum atomic E-state index is -4.67. The molecule has 0 aliphatic carbocycles. The van der Waals surface area contributed by atoms with Gasteiger partial charge in [-0.05, 0) is 0 Å². The smallest absolute Gasteiger partial charge is 0.356 e. The van der Waals surface area contributed by atoms with E-state index in [1.807, 2.05) is 0 Å². The molecule has 0 atom stereocenters. The first kappa shape index (κ1) is 23.1. The minimum absolute atomic E-state index is 0. The maximum Gasteiger partial charge on any atom is 2.00 e. The van der Waals surface area contributed by atoms with E-state index in [0.717, 1.165) is 0 Å². The molecule has 12 nitrogen and oxygen atoms in total. The Morgan fingerprint density at radius 1 is 0.857 bits per heavy atom. The Bertz CT molecular complexity index is 213. The predicted molar refractivity (Wildman–Crippen MR) is 34.9 cm³/mol. The molecule has 0 radical (unpaired) electrons. The Morgan fingerprint density at radius 3 is 0.857 bits per heavy atom. The van der Waals surface area contributed by atoms with Crippen LogP contribution in [-0.2, 0) is 30.8 Å². The summed E-state index contributed by atoms with van der Waals surface area (Å²) in [6, 6.07) is 0. The van der Waals surface area contributed by atoms with Gasteiger partial charge in [-0.1, -0.05) is 0 Å². The van der Waals surface area contributed by atoms with E-state index in [0.29, 0.717) is 0 Å². The molecule has 2 N–H and O–H groups in total. The molecule has 0 aromatic carbocycles. The third-order valence-electron chi connectivity index (χ3n) is 0. The van der Waals surface area contributed by atoms with Crippen molar-refractivity contribution in [2.24, 2.45) is 0 Å². The van der Waals surface area contributed by atoms with Crippen LogP contribution in [0.4, 0.5) is 0 Å². The van der Waals surface area contributed by atoms with E-state index in [1.54, 1.807) is 0 Å². The maximum atomic E-state index is 8.74. The molecule has 0 aromatic heterocycles. The van der Waals surface area contributed by atoms with Crippen molar-refractivity contribution in [1.29, 1.82) is 0 Å². The van der Waals surface area contributed by atoms with E-state index in [4.69, 9.17) is 48.2 Å². The molecule has 88 valence electrons. The van der Waals surface area contributed by atoms with Crippen molar-refractivity contribution in [3.63, 3.8) is 0 Å². The van der Waals surface area contributed by atoms with Gasteiger partial charge >= 0.3 is 30.8 Å². The second-order valence-electron chi connectivity index (χ2n) is 0.895. The first-order valence-electron chi connectivity index (χ1n) is 1.79. The summed E-state index contributed by atoms with van der Waals surface area (Å²) in [6.45, 7) is 0. The van der Waals surface area contributed by atoms with Crippen molar-refractivity contribution in [2.45, 2.75) is 0 Å². The van der Waals surface area contributed by atoms with Gasteiger partial charge in [-0.2, -0.15) is 8.42 Å². The van der Waals surface area contributed by atoms with Gasteiger partial charge in [0, 0.05) is 0 Å². The zero-order chi connectivity index (χ0) is 11.7. The summed E-state index contributed by atoms with van der Waals surface area (Å²) >= 11 is 0. The summed E-state index contributed by atoms with van der Waals surface area (Å²) < 4.78 is 31.6. The average molecular weight is 329 g/mol. The Kier molecular flexibility index (Phi) is 19.7. The Hall–Kier alpha value is -1.07. The molecule has 0 spiro atoms. The van der Waals surface area contributed by atoms with Crippen LogP contribution in [0.2, 0.25) is 0 Å². The predicted octanol–water partition coefficient (Wildman–Crippen LogP) is -1.13. The van der Waals surface area contributed by atoms with Crippen LogP contribution in [0.5, 0.6) is 0 Å². The molecule has 0 aliphatic rings. The van der Waals surface area contributed by atoms with Crippen molar-refractivity contribution >= 4 is 10.4 Å². The largest absolute Gasteiger partial charge is 2.00 e. The SMILES string of the molecule is O=S(=O)(O)O.O=[N+]([O-])[O-].O=[N+]([O-])[O-].[Pd+2]. The monoisotopic (exact) mass is 328 g/mol. The van der Waals surface area contributed by atoms with Crippen molar-refractivity contribution < 1.29 is 48.1 Å². The van der Waals surface area contributed by atoms with Gasteiger partial charge in [0.05, 0.1) is 10.2 Å². The normalized spacial score (nSPS) is 7.57. The summed E-state index contributed by atoms with van der Waals surface area (Å²) in [5, 5.41) is 29.5. The summed E-state index contributed by atoms with van der Waals surface area (Å²) in [7, 11) is -4.67. The molecule has 0 aliphatic heterocycles. The molecule has 14 heavy (non-hydrogen) atoms. The molecule has 0 unspecified atom stereocenters. The average Bonchev–Trinajstić information content (AvgIpc) is 1.50. The van der Waals surface area contributed by atoms with Crippen LogP contribution in [0.1, 0.15) is 0 Å². The molecular weight excluding hydrogens is 326 g/mol. The van der Waals surface area contributed by atoms with Crippen molar-refractivity contribution in [1.82, 2.24) is 0 Å². The topological polar surface area (TPSA) is 207 Å². The molecule has 14 heteroatoms. The fourth-order valence-corrected chi connectivity index (χ4v) is 0. The second-order valence-corrected chi connectivity index (χ2v) is 1.79. The van der Waals surface area contributed by atoms with Crippen molar-refractivity contribution in [3.05, 3.63) is 30.6 Å². The summed E-state index contributed by atoms with van der Waals surface area (Å²) in [4.78, 5) is 16.5. The number of hydrogen-bond acceptors (Lipinski definition) is 8. The van der Waals surface area contributed by atoms with E-state index in [-0.39, 0.29) is 20.4 Å². The van der Waals surface area contributed by atoms with Gasteiger partial charge in [-0.15, -0.1) is 0 Å². The van der Waals surface area contributed by atoms with Crippen LogP contribution < -0.4 is 0 Å². The maximum absolute atomic E-state index is 8.74. The fraction of sp³-hybridized carbons (Fsp3) is 0. The Morgan fingerprint density at radius 2 is 0.857 bits per heavy atom. The van der Waals surface area contributed by atoms with Crippen LogP contribution in [-0.4, -0.2) is 27.7 Å². The second kappa shape index (κ2) is 11.9. The van der Waals surface area contributed by atoms with Gasteiger partial charge in [-0.3, -0.25) is 9.11 Å². The molecule has 0 saturated carbocycles. The van der Waals surface area contributed by atoms with Gasteiger partial charge in [-0.25, -0.2) is 0 Å². The van der Waals surface area contributed by atoms with Gasteiger partial charge in [0.25, 0.3) is 0 Å². The number of hydrogen-bond donors (Lipinski definition) is 2. The van der Waals surface area contributed by atoms with E-state index in [2.05, 4.69) is 0 Å². The van der Waals surface area contributed by atoms with Crippen molar-refractivity contribution in [3.8, 4) is 0 Å². The molecule has 0 amide bonds. The van der Waals surface area contributed by atoms with E-state index in [9.17, 15) is 0 Å². The van der Waals surface area contributed by atoms with Crippen LogP contribution in [0.15, 0.2) is 0 Å². The molecule has 0 rings (SSSR count). The first-order valence-corrected chi connectivity index (χ1v) is 3.19. The third-order valence-corrected chi connectivity index (χ3v) is 0. The molecule has 0 saturated heterocycles. The zero-order valence-electron chi connectivity index (χ0n) is 5.78. The Labute approximate surface area is 89.6 Å². The Balaban J connectivity index is -0.0000000522. The molecule has 0 aromatic rings. The molecule has 0 fully saturated rings. The van der Waals surface area contributed by atoms with Gasteiger partial charge in [0.2, 0.25) is 0 Å².